The van der Waals surface area contributed by atoms with Gasteiger partial charge >= 0.3 is 0 Å². The van der Waals surface area contributed by atoms with Crippen LogP contribution in [-0.2, 0) is 11.2 Å². The molecule has 170 valence electrons. The first-order valence-electron chi connectivity index (χ1n) is 10.8. The van der Waals surface area contributed by atoms with Gasteiger partial charge in [0.15, 0.2) is 11.5 Å². The number of nitrogens with one attached hydrogen (secondary N) is 1. The fourth-order valence-corrected chi connectivity index (χ4v) is 3.64. The SMILES string of the molecule is CCOc1ccc(C(C)NC(=O)Cc2c(C)nn(-c3ccc(F)cc3)c2C)cc1OCC. The summed E-state index contributed by atoms with van der Waals surface area (Å²) < 4.78 is 26.3. The first-order chi connectivity index (χ1) is 15.3. The number of aryl methyl sites for hydroxylation is 1. The highest BCUT2D eigenvalue weighted by Crippen LogP contribution is 2.31. The molecule has 0 fully saturated rings. The Kier molecular flexibility index (Phi) is 7.51. The molecule has 0 radical (unpaired) electrons. The van der Waals surface area contributed by atoms with Gasteiger partial charge < -0.3 is 14.8 Å². The van der Waals surface area contributed by atoms with Crippen molar-refractivity contribution in [3.63, 3.8) is 0 Å². The number of ether oxygens (including phenoxy) is 2. The number of halogens is 1. The van der Waals surface area contributed by atoms with Crippen LogP contribution in [0.4, 0.5) is 4.39 Å². The summed E-state index contributed by atoms with van der Waals surface area (Å²) in [6.45, 7) is 10.6. The Balaban J connectivity index is 1.73. The predicted molar refractivity (Wildman–Crippen MR) is 122 cm³/mol. The molecule has 1 N–H and O–H groups in total. The maximum atomic E-state index is 13.3. The molecular formula is C25H30FN3O3. The Hall–Kier alpha value is -3.35. The van der Waals surface area contributed by atoms with E-state index in [1.54, 1.807) is 16.8 Å². The summed E-state index contributed by atoms with van der Waals surface area (Å²) >= 11 is 0. The van der Waals surface area contributed by atoms with Gasteiger partial charge in [-0.2, -0.15) is 5.10 Å². The van der Waals surface area contributed by atoms with E-state index in [0.717, 1.165) is 28.2 Å². The highest BCUT2D eigenvalue weighted by molar-refractivity contribution is 5.79. The minimum atomic E-state index is -0.300. The van der Waals surface area contributed by atoms with Crippen LogP contribution in [-0.4, -0.2) is 28.9 Å². The van der Waals surface area contributed by atoms with Crippen molar-refractivity contribution in [3.05, 3.63) is 70.8 Å². The fraction of sp³-hybridized carbons (Fsp3) is 0.360. The minimum Gasteiger partial charge on any atom is -0.490 e. The first kappa shape index (κ1) is 23.3. The topological polar surface area (TPSA) is 65.4 Å². The van der Waals surface area contributed by atoms with Crippen molar-refractivity contribution in [3.8, 4) is 17.2 Å². The van der Waals surface area contributed by atoms with Crippen LogP contribution >= 0.6 is 0 Å². The summed E-state index contributed by atoms with van der Waals surface area (Å²) in [5, 5.41) is 7.60. The molecule has 0 aliphatic heterocycles. The van der Waals surface area contributed by atoms with Crippen molar-refractivity contribution >= 4 is 5.91 Å². The number of benzene rings is 2. The van der Waals surface area contributed by atoms with Crippen molar-refractivity contribution in [2.24, 2.45) is 0 Å². The Labute approximate surface area is 188 Å². The molecule has 0 aliphatic carbocycles. The smallest absolute Gasteiger partial charge is 0.225 e. The molecule has 3 rings (SSSR count). The van der Waals surface area contributed by atoms with Crippen molar-refractivity contribution in [1.82, 2.24) is 15.1 Å². The summed E-state index contributed by atoms with van der Waals surface area (Å²) in [6.07, 6.45) is 0.207. The molecule has 1 unspecified atom stereocenters. The van der Waals surface area contributed by atoms with Crippen molar-refractivity contribution in [2.45, 2.75) is 47.1 Å². The maximum absolute atomic E-state index is 13.3. The Morgan fingerprint density at radius 2 is 1.72 bits per heavy atom. The second-order valence-electron chi connectivity index (χ2n) is 7.58. The van der Waals surface area contributed by atoms with Crippen LogP contribution in [0, 0.1) is 19.7 Å². The van der Waals surface area contributed by atoms with Gasteiger partial charge in [0.2, 0.25) is 5.91 Å². The largest absolute Gasteiger partial charge is 0.490 e. The molecule has 2 aromatic carbocycles. The average molecular weight is 440 g/mol. The zero-order chi connectivity index (χ0) is 23.3. The molecule has 32 heavy (non-hydrogen) atoms. The number of rotatable bonds is 9. The van der Waals surface area contributed by atoms with E-state index in [1.807, 2.05) is 52.8 Å². The quantitative estimate of drug-likeness (QED) is 0.518. The Bertz CT molecular complexity index is 1080. The second kappa shape index (κ2) is 10.3. The number of carbonyl (C=O) groups is 1. The zero-order valence-electron chi connectivity index (χ0n) is 19.2. The lowest BCUT2D eigenvalue weighted by Gasteiger charge is -2.17. The molecule has 0 aliphatic rings. The molecule has 0 bridgehead atoms. The van der Waals surface area contributed by atoms with Gasteiger partial charge in [-0.1, -0.05) is 6.07 Å². The number of carbonyl (C=O) groups excluding carboxylic acids is 1. The molecule has 0 spiro atoms. The third-order valence-electron chi connectivity index (χ3n) is 5.29. The Morgan fingerprint density at radius 1 is 1.06 bits per heavy atom. The first-order valence-corrected chi connectivity index (χ1v) is 10.8. The normalized spacial score (nSPS) is 11.8. The number of amides is 1. The molecule has 3 aromatic rings. The maximum Gasteiger partial charge on any atom is 0.225 e. The van der Waals surface area contributed by atoms with Gasteiger partial charge in [0.25, 0.3) is 0 Å². The molecule has 0 saturated heterocycles. The Morgan fingerprint density at radius 3 is 2.38 bits per heavy atom. The van der Waals surface area contributed by atoms with Crippen LogP contribution in [0.3, 0.4) is 0 Å². The molecule has 1 amide bonds. The van der Waals surface area contributed by atoms with Gasteiger partial charge in [-0.05, 0) is 76.6 Å². The summed E-state index contributed by atoms with van der Waals surface area (Å²) in [4.78, 5) is 12.8. The summed E-state index contributed by atoms with van der Waals surface area (Å²) in [5.41, 5.74) is 4.18. The average Bonchev–Trinajstić information content (AvgIpc) is 3.04. The number of nitrogens with zero attached hydrogens (tertiary/aromatic N) is 2. The van der Waals surface area contributed by atoms with Crippen LogP contribution in [0.5, 0.6) is 11.5 Å². The van der Waals surface area contributed by atoms with Crippen LogP contribution < -0.4 is 14.8 Å². The lowest BCUT2D eigenvalue weighted by Crippen LogP contribution is -2.28. The molecule has 1 heterocycles. The van der Waals surface area contributed by atoms with Gasteiger partial charge in [0.05, 0.1) is 37.1 Å². The van der Waals surface area contributed by atoms with Gasteiger partial charge in [0, 0.05) is 11.3 Å². The van der Waals surface area contributed by atoms with E-state index in [9.17, 15) is 9.18 Å². The lowest BCUT2D eigenvalue weighted by atomic mass is 10.1. The summed E-state index contributed by atoms with van der Waals surface area (Å²) in [7, 11) is 0. The second-order valence-corrected chi connectivity index (χ2v) is 7.58. The molecular weight excluding hydrogens is 409 g/mol. The molecule has 7 heteroatoms. The summed E-state index contributed by atoms with van der Waals surface area (Å²) in [6, 6.07) is 11.6. The molecule has 1 aromatic heterocycles. The summed E-state index contributed by atoms with van der Waals surface area (Å²) in [5.74, 6) is 0.955. The van der Waals surface area contributed by atoms with Crippen LogP contribution in [0.15, 0.2) is 42.5 Å². The van der Waals surface area contributed by atoms with Gasteiger partial charge in [-0.25, -0.2) is 9.07 Å². The third kappa shape index (κ3) is 5.28. The van der Waals surface area contributed by atoms with E-state index in [4.69, 9.17) is 9.47 Å². The highest BCUT2D eigenvalue weighted by atomic mass is 19.1. The van der Waals surface area contributed by atoms with E-state index in [0.29, 0.717) is 24.7 Å². The number of hydrogen-bond donors (Lipinski definition) is 1. The van der Waals surface area contributed by atoms with Crippen LogP contribution in [0.2, 0.25) is 0 Å². The predicted octanol–water partition coefficient (Wildman–Crippen LogP) is 4.85. The molecule has 6 nitrogen and oxygen atoms in total. The van der Waals surface area contributed by atoms with E-state index in [1.165, 1.54) is 12.1 Å². The van der Waals surface area contributed by atoms with Crippen molar-refractivity contribution in [1.29, 1.82) is 0 Å². The highest BCUT2D eigenvalue weighted by Gasteiger charge is 2.18. The minimum absolute atomic E-state index is 0.103. The van der Waals surface area contributed by atoms with Gasteiger partial charge in [0.1, 0.15) is 5.82 Å². The van der Waals surface area contributed by atoms with Crippen LogP contribution in [0.1, 0.15) is 49.3 Å². The van der Waals surface area contributed by atoms with Gasteiger partial charge in [-0.3, -0.25) is 4.79 Å². The van der Waals surface area contributed by atoms with Crippen LogP contribution in [0.25, 0.3) is 5.69 Å². The lowest BCUT2D eigenvalue weighted by molar-refractivity contribution is -0.121. The monoisotopic (exact) mass is 439 g/mol. The third-order valence-corrected chi connectivity index (χ3v) is 5.29. The van der Waals surface area contributed by atoms with Crippen molar-refractivity contribution in [2.75, 3.05) is 13.2 Å². The molecule has 0 saturated carbocycles. The number of hydrogen-bond acceptors (Lipinski definition) is 4. The number of aromatic nitrogens is 2. The van der Waals surface area contributed by atoms with Gasteiger partial charge in [-0.15, -0.1) is 0 Å². The standard InChI is InChI=1S/C25H30FN3O3/c1-6-31-23-13-8-19(14-24(23)32-7-2)16(3)27-25(30)15-22-17(4)28-29(18(22)5)21-11-9-20(26)10-12-21/h8-14,16H,6-7,15H2,1-5H3,(H,27,30). The molecule has 1 atom stereocenters. The fourth-order valence-electron chi connectivity index (χ4n) is 3.64. The van der Waals surface area contributed by atoms with Crippen molar-refractivity contribution < 1.29 is 18.7 Å². The van der Waals surface area contributed by atoms with E-state index < -0.39 is 0 Å². The van der Waals surface area contributed by atoms with E-state index >= 15 is 0 Å². The van der Waals surface area contributed by atoms with E-state index in [-0.39, 0.29) is 24.2 Å². The van der Waals surface area contributed by atoms with E-state index in [2.05, 4.69) is 10.4 Å². The zero-order valence-corrected chi connectivity index (χ0v) is 19.2.